The quantitative estimate of drug-likeness (QED) is 0.560. The molecule has 1 aliphatic carbocycles. The summed E-state index contributed by atoms with van der Waals surface area (Å²) in [6, 6.07) is 11.3. The van der Waals surface area contributed by atoms with Gasteiger partial charge in [0, 0.05) is 18.5 Å². The number of rotatable bonds is 1. The summed E-state index contributed by atoms with van der Waals surface area (Å²) in [5.41, 5.74) is 3.53. The number of benzene rings is 2. The summed E-state index contributed by atoms with van der Waals surface area (Å²) >= 11 is 0. The summed E-state index contributed by atoms with van der Waals surface area (Å²) < 4.78 is 0. The molecule has 4 nitrogen and oxygen atoms in total. The van der Waals surface area contributed by atoms with E-state index in [-0.39, 0.29) is 28.5 Å². The van der Waals surface area contributed by atoms with E-state index >= 15 is 0 Å². The Balaban J connectivity index is 0.00000169. The Morgan fingerprint density at radius 1 is 0.958 bits per heavy atom. The van der Waals surface area contributed by atoms with Crippen LogP contribution >= 0.6 is 17.0 Å². The van der Waals surface area contributed by atoms with Gasteiger partial charge in [-0.1, -0.05) is 12.1 Å². The molecule has 2 aromatic rings. The molecule has 3 atom stereocenters. The zero-order valence-corrected chi connectivity index (χ0v) is 15.0. The van der Waals surface area contributed by atoms with Crippen molar-refractivity contribution in [1.29, 1.82) is 0 Å². The molecule has 0 saturated carbocycles. The first-order valence-electron chi connectivity index (χ1n) is 8.19. The van der Waals surface area contributed by atoms with Gasteiger partial charge in [0.25, 0.3) is 0 Å². The van der Waals surface area contributed by atoms with Crippen LogP contribution in [-0.4, -0.2) is 27.9 Å². The molecule has 0 aromatic heterocycles. The summed E-state index contributed by atoms with van der Waals surface area (Å²) in [5.74, 6) is 0.965. The number of phenolic OH excluding ortho intramolecular Hbond substituents is 3. The lowest BCUT2D eigenvalue weighted by atomic mass is 9.71. The van der Waals surface area contributed by atoms with Crippen molar-refractivity contribution in [2.75, 3.05) is 6.54 Å². The Morgan fingerprint density at radius 3 is 2.42 bits per heavy atom. The molecule has 128 valence electrons. The Hall–Kier alpha value is -1.72. The van der Waals surface area contributed by atoms with Crippen LogP contribution in [0.25, 0.3) is 0 Å². The fourth-order valence-corrected chi connectivity index (χ4v) is 4.15. The average Bonchev–Trinajstić information content (AvgIpc) is 2.56. The maximum atomic E-state index is 9.88. The van der Waals surface area contributed by atoms with Crippen LogP contribution in [0.3, 0.4) is 0 Å². The van der Waals surface area contributed by atoms with Gasteiger partial charge in [-0.2, -0.15) is 0 Å². The van der Waals surface area contributed by atoms with Gasteiger partial charge in [0.2, 0.25) is 0 Å². The minimum atomic E-state index is -0.0313. The number of hydrogen-bond donors (Lipinski definition) is 4. The number of aromatic hydroxyl groups is 3. The third kappa shape index (κ3) is 2.98. The SMILES string of the molecule is Br.Oc1ccc([C@H]2CN[C@@H]3CCc4cc(O)c(O)cc4[C@H]3C2)cc1. The van der Waals surface area contributed by atoms with Gasteiger partial charge in [0.1, 0.15) is 5.75 Å². The molecule has 4 rings (SSSR count). The average molecular weight is 392 g/mol. The van der Waals surface area contributed by atoms with Crippen LogP contribution < -0.4 is 5.32 Å². The van der Waals surface area contributed by atoms with Crippen molar-refractivity contribution in [2.45, 2.75) is 37.1 Å². The molecule has 24 heavy (non-hydrogen) atoms. The van der Waals surface area contributed by atoms with Crippen LogP contribution in [0, 0.1) is 0 Å². The van der Waals surface area contributed by atoms with E-state index in [1.165, 1.54) is 5.56 Å². The molecule has 5 heteroatoms. The lowest BCUT2D eigenvalue weighted by molar-refractivity contribution is 0.291. The van der Waals surface area contributed by atoms with E-state index < -0.39 is 0 Å². The van der Waals surface area contributed by atoms with Gasteiger partial charge in [-0.25, -0.2) is 0 Å². The molecule has 0 spiro atoms. The number of hydrogen-bond acceptors (Lipinski definition) is 4. The molecule has 0 radical (unpaired) electrons. The first-order valence-corrected chi connectivity index (χ1v) is 8.19. The molecule has 2 aliphatic rings. The highest BCUT2D eigenvalue weighted by atomic mass is 79.9. The van der Waals surface area contributed by atoms with Crippen molar-refractivity contribution in [3.63, 3.8) is 0 Å². The largest absolute Gasteiger partial charge is 0.508 e. The highest BCUT2D eigenvalue weighted by Crippen LogP contribution is 2.44. The van der Waals surface area contributed by atoms with Gasteiger partial charge < -0.3 is 20.6 Å². The zero-order chi connectivity index (χ0) is 16.0. The lowest BCUT2D eigenvalue weighted by Crippen LogP contribution is -2.45. The number of nitrogens with one attached hydrogen (secondary N) is 1. The second kappa shape index (κ2) is 6.65. The number of aryl methyl sites for hydroxylation is 1. The Kier molecular flexibility index (Phi) is 4.74. The highest BCUT2D eigenvalue weighted by Gasteiger charge is 2.36. The van der Waals surface area contributed by atoms with E-state index in [2.05, 4.69) is 5.32 Å². The van der Waals surface area contributed by atoms with E-state index in [0.29, 0.717) is 23.6 Å². The second-order valence-electron chi connectivity index (χ2n) is 6.72. The minimum Gasteiger partial charge on any atom is -0.508 e. The van der Waals surface area contributed by atoms with Gasteiger partial charge in [0.05, 0.1) is 0 Å². The summed E-state index contributed by atoms with van der Waals surface area (Å²) in [6.45, 7) is 0.936. The summed E-state index contributed by atoms with van der Waals surface area (Å²) in [6.07, 6.45) is 3.01. The number of fused-ring (bicyclic) bond motifs is 3. The van der Waals surface area contributed by atoms with Gasteiger partial charge in [-0.15, -0.1) is 17.0 Å². The van der Waals surface area contributed by atoms with Crippen LogP contribution in [0.2, 0.25) is 0 Å². The van der Waals surface area contributed by atoms with Gasteiger partial charge >= 0.3 is 0 Å². The minimum absolute atomic E-state index is 0. The van der Waals surface area contributed by atoms with E-state index in [4.69, 9.17) is 0 Å². The summed E-state index contributed by atoms with van der Waals surface area (Å²) in [4.78, 5) is 0. The monoisotopic (exact) mass is 391 g/mol. The second-order valence-corrected chi connectivity index (χ2v) is 6.72. The smallest absolute Gasteiger partial charge is 0.157 e. The van der Waals surface area contributed by atoms with E-state index in [1.54, 1.807) is 24.3 Å². The third-order valence-corrected chi connectivity index (χ3v) is 5.38. The van der Waals surface area contributed by atoms with Crippen LogP contribution in [0.4, 0.5) is 0 Å². The molecule has 0 bridgehead atoms. The van der Waals surface area contributed by atoms with E-state index in [0.717, 1.165) is 36.9 Å². The lowest BCUT2D eigenvalue weighted by Gasteiger charge is -2.41. The predicted molar refractivity (Wildman–Crippen MR) is 98.4 cm³/mol. The van der Waals surface area contributed by atoms with Crippen LogP contribution in [0.1, 0.15) is 41.4 Å². The van der Waals surface area contributed by atoms with Crippen molar-refractivity contribution in [1.82, 2.24) is 5.32 Å². The zero-order valence-electron chi connectivity index (χ0n) is 13.3. The third-order valence-electron chi connectivity index (χ3n) is 5.38. The van der Waals surface area contributed by atoms with Crippen LogP contribution in [0.15, 0.2) is 36.4 Å². The highest BCUT2D eigenvalue weighted by molar-refractivity contribution is 8.93. The fourth-order valence-electron chi connectivity index (χ4n) is 4.15. The Labute approximate surface area is 151 Å². The van der Waals surface area contributed by atoms with Crippen LogP contribution in [-0.2, 0) is 6.42 Å². The van der Waals surface area contributed by atoms with Crippen LogP contribution in [0.5, 0.6) is 17.2 Å². The first-order chi connectivity index (χ1) is 11.1. The summed E-state index contributed by atoms with van der Waals surface area (Å²) in [7, 11) is 0. The summed E-state index contributed by atoms with van der Waals surface area (Å²) in [5, 5.41) is 32.7. The molecule has 2 aromatic carbocycles. The van der Waals surface area contributed by atoms with Crippen molar-refractivity contribution in [3.8, 4) is 17.2 Å². The fraction of sp³-hybridized carbons (Fsp3) is 0.368. The molecule has 0 amide bonds. The van der Waals surface area contributed by atoms with Gasteiger partial charge in [-0.05, 0) is 66.1 Å². The van der Waals surface area contributed by atoms with Crippen molar-refractivity contribution in [2.24, 2.45) is 0 Å². The molecule has 0 unspecified atom stereocenters. The van der Waals surface area contributed by atoms with Crippen molar-refractivity contribution < 1.29 is 15.3 Å². The standard InChI is InChI=1S/C19H21NO3.BrH/c21-14-4-1-11(2-5-14)13-7-16-15-9-19(23)18(22)8-12(15)3-6-17(16)20-10-13;/h1-2,4-5,8-9,13,16-17,20-23H,3,6-7,10H2;1H/t13-,16-,17-;/m1./s1. The number of halogens is 1. The number of piperidine rings is 1. The van der Waals surface area contributed by atoms with Gasteiger partial charge in [0.15, 0.2) is 11.5 Å². The Morgan fingerprint density at radius 2 is 1.67 bits per heavy atom. The molecule has 1 heterocycles. The van der Waals surface area contributed by atoms with Crippen molar-refractivity contribution >= 4 is 17.0 Å². The molecule has 1 fully saturated rings. The molecular formula is C19H22BrNO3. The predicted octanol–water partition coefficient (Wildman–Crippen LogP) is 3.56. The molecule has 4 N–H and O–H groups in total. The Bertz CT molecular complexity index is 732. The molecule has 1 aliphatic heterocycles. The number of phenols is 3. The normalized spacial score (nSPS) is 25.2. The van der Waals surface area contributed by atoms with E-state index in [1.807, 2.05) is 12.1 Å². The maximum absolute atomic E-state index is 9.88. The van der Waals surface area contributed by atoms with E-state index in [9.17, 15) is 15.3 Å². The first kappa shape index (κ1) is 17.1. The van der Waals surface area contributed by atoms with Gasteiger partial charge in [-0.3, -0.25) is 0 Å². The van der Waals surface area contributed by atoms with Crippen molar-refractivity contribution in [3.05, 3.63) is 53.1 Å². The molecule has 1 saturated heterocycles. The maximum Gasteiger partial charge on any atom is 0.157 e. The topological polar surface area (TPSA) is 72.7 Å². The molecular weight excluding hydrogens is 370 g/mol.